The summed E-state index contributed by atoms with van der Waals surface area (Å²) in [6, 6.07) is 5.67. The molecule has 2 atom stereocenters. The van der Waals surface area contributed by atoms with Crippen LogP contribution in [0.15, 0.2) is 35.5 Å². The lowest BCUT2D eigenvalue weighted by molar-refractivity contribution is -0.143. The van der Waals surface area contributed by atoms with Gasteiger partial charge in [0.25, 0.3) is 11.8 Å². The summed E-state index contributed by atoms with van der Waals surface area (Å²) in [6.07, 6.45) is 1.63. The Hall–Kier alpha value is -2.91. The molecule has 2 amide bonds. The summed E-state index contributed by atoms with van der Waals surface area (Å²) < 4.78 is 15.8. The molecule has 2 saturated heterocycles. The lowest BCUT2D eigenvalue weighted by Crippen LogP contribution is -2.42. The number of amides is 2. The number of imide groups is 1. The van der Waals surface area contributed by atoms with Gasteiger partial charge in [0.05, 0.1) is 24.5 Å². The molecule has 3 heterocycles. The molecule has 2 fully saturated rings. The second kappa shape index (κ2) is 7.01. The van der Waals surface area contributed by atoms with Crippen LogP contribution in [0.1, 0.15) is 12.8 Å². The predicted molar refractivity (Wildman–Crippen MR) is 92.5 cm³/mol. The van der Waals surface area contributed by atoms with Crippen LogP contribution < -0.4 is 20.5 Å². The van der Waals surface area contributed by atoms with Crippen LogP contribution in [0.3, 0.4) is 0 Å². The largest absolute Gasteiger partial charge is 0.497 e. The fraction of sp³-hybridized carbons (Fsp3) is 0.389. The van der Waals surface area contributed by atoms with Crippen LogP contribution >= 0.6 is 0 Å². The molecule has 1 aromatic carbocycles. The van der Waals surface area contributed by atoms with Crippen LogP contribution in [0.25, 0.3) is 0 Å². The maximum atomic E-state index is 12.9. The number of methoxy groups -OCH3 is 1. The first-order valence-electron chi connectivity index (χ1n) is 8.67. The van der Waals surface area contributed by atoms with Crippen molar-refractivity contribution in [3.05, 3.63) is 35.5 Å². The summed E-state index contributed by atoms with van der Waals surface area (Å²) >= 11 is 0. The van der Waals surface area contributed by atoms with Gasteiger partial charge in [-0.2, -0.15) is 0 Å². The van der Waals surface area contributed by atoms with Crippen molar-refractivity contribution in [1.29, 1.82) is 0 Å². The monoisotopic (exact) mass is 373 g/mol. The summed E-state index contributed by atoms with van der Waals surface area (Å²) in [4.78, 5) is 39.0. The highest BCUT2D eigenvalue weighted by Crippen LogP contribution is 2.32. The maximum absolute atomic E-state index is 12.9. The summed E-state index contributed by atoms with van der Waals surface area (Å²) in [5.41, 5.74) is 5.69. The number of ether oxygens (including phenoxy) is 3. The third kappa shape index (κ3) is 3.04. The average Bonchev–Trinajstić information content (AvgIpc) is 3.39. The van der Waals surface area contributed by atoms with Gasteiger partial charge in [-0.25, -0.2) is 15.1 Å². The quantitative estimate of drug-likeness (QED) is 0.550. The van der Waals surface area contributed by atoms with Gasteiger partial charge >= 0.3 is 5.97 Å². The summed E-state index contributed by atoms with van der Waals surface area (Å²) in [5, 5.41) is 0. The number of carbonyl (C=O) groups is 3. The van der Waals surface area contributed by atoms with Crippen LogP contribution in [0, 0.1) is 0 Å². The van der Waals surface area contributed by atoms with Crippen LogP contribution in [0.4, 0.5) is 5.69 Å². The number of nitrogens with one attached hydrogen (secondary N) is 2. The molecule has 1 aromatic rings. The fourth-order valence-electron chi connectivity index (χ4n) is 3.37. The summed E-state index contributed by atoms with van der Waals surface area (Å²) in [6.45, 7) is 0.768. The van der Waals surface area contributed by atoms with E-state index in [1.54, 1.807) is 24.3 Å². The number of benzene rings is 1. The number of hydrogen-bond donors (Lipinski definition) is 2. The first-order chi connectivity index (χ1) is 13.1. The summed E-state index contributed by atoms with van der Waals surface area (Å²) in [5.74, 6) is -1.22. The highest BCUT2D eigenvalue weighted by Gasteiger charge is 2.50. The molecule has 9 nitrogen and oxygen atoms in total. The predicted octanol–water partition coefficient (Wildman–Crippen LogP) is 0.0211. The molecule has 3 aliphatic heterocycles. The normalized spacial score (nSPS) is 24.3. The Balaban J connectivity index is 1.56. The maximum Gasteiger partial charge on any atom is 0.356 e. The van der Waals surface area contributed by atoms with Crippen molar-refractivity contribution in [3.8, 4) is 5.75 Å². The highest BCUT2D eigenvalue weighted by molar-refractivity contribution is 6.32. The van der Waals surface area contributed by atoms with Crippen molar-refractivity contribution in [3.63, 3.8) is 0 Å². The standard InChI is InChI=1S/C18H19N3O6/c1-25-11-5-2-4-10(8-11)21-16(22)13-14(17(21)23)19-20-15(13)18(24)27-9-12-6-3-7-26-12/h2,4-5,8,12,14,19-20H,3,6-7,9H2,1H3/t12-,14-/m0/s1. The van der Waals surface area contributed by atoms with Gasteiger partial charge in [0.1, 0.15) is 24.1 Å². The van der Waals surface area contributed by atoms with E-state index in [0.29, 0.717) is 18.0 Å². The summed E-state index contributed by atoms with van der Waals surface area (Å²) in [7, 11) is 1.50. The zero-order valence-electron chi connectivity index (χ0n) is 14.7. The first-order valence-corrected chi connectivity index (χ1v) is 8.67. The molecular formula is C18H19N3O6. The van der Waals surface area contributed by atoms with E-state index in [2.05, 4.69) is 10.9 Å². The Bertz CT molecular complexity index is 830. The zero-order valence-corrected chi connectivity index (χ0v) is 14.7. The third-order valence-corrected chi connectivity index (χ3v) is 4.74. The number of hydrazine groups is 1. The van der Waals surface area contributed by atoms with Gasteiger partial charge in [0, 0.05) is 12.7 Å². The zero-order chi connectivity index (χ0) is 19.0. The minimum atomic E-state index is -0.936. The van der Waals surface area contributed by atoms with E-state index < -0.39 is 23.8 Å². The number of nitrogens with zero attached hydrogens (tertiary/aromatic N) is 1. The van der Waals surface area contributed by atoms with Crippen LogP contribution in [0.2, 0.25) is 0 Å². The topological polar surface area (TPSA) is 106 Å². The highest BCUT2D eigenvalue weighted by atomic mass is 16.6. The van der Waals surface area contributed by atoms with E-state index in [4.69, 9.17) is 14.2 Å². The van der Waals surface area contributed by atoms with Gasteiger partial charge in [-0.05, 0) is 25.0 Å². The Morgan fingerprint density at radius 3 is 2.96 bits per heavy atom. The number of carbonyl (C=O) groups excluding carboxylic acids is 3. The van der Waals surface area contributed by atoms with Crippen molar-refractivity contribution in [1.82, 2.24) is 10.9 Å². The minimum Gasteiger partial charge on any atom is -0.497 e. The first kappa shape index (κ1) is 17.5. The lowest BCUT2D eigenvalue weighted by atomic mass is 10.1. The molecule has 142 valence electrons. The van der Waals surface area contributed by atoms with Gasteiger partial charge in [-0.3, -0.25) is 9.59 Å². The van der Waals surface area contributed by atoms with E-state index in [0.717, 1.165) is 17.7 Å². The van der Waals surface area contributed by atoms with Gasteiger partial charge in [0.15, 0.2) is 0 Å². The van der Waals surface area contributed by atoms with Gasteiger partial charge in [-0.1, -0.05) is 6.07 Å². The Morgan fingerprint density at radius 1 is 1.37 bits per heavy atom. The molecule has 3 aliphatic rings. The van der Waals surface area contributed by atoms with Crippen molar-refractivity contribution < 1.29 is 28.6 Å². The number of fused-ring (bicyclic) bond motifs is 1. The SMILES string of the molecule is COc1cccc(N2C(=O)C3=C(C(=O)OC[C@@H]4CCCO4)NN[C@@H]3C2=O)c1. The molecule has 0 unspecified atom stereocenters. The van der Waals surface area contributed by atoms with Crippen molar-refractivity contribution in [2.75, 3.05) is 25.2 Å². The Labute approximate surface area is 155 Å². The molecule has 0 saturated carbocycles. The second-order valence-electron chi connectivity index (χ2n) is 6.40. The molecule has 4 rings (SSSR count). The number of rotatable bonds is 5. The molecule has 9 heteroatoms. The van der Waals surface area contributed by atoms with Gasteiger partial charge in [0.2, 0.25) is 0 Å². The molecular weight excluding hydrogens is 354 g/mol. The molecule has 0 spiro atoms. The smallest absolute Gasteiger partial charge is 0.356 e. The van der Waals surface area contributed by atoms with Crippen LogP contribution in [-0.2, 0) is 23.9 Å². The van der Waals surface area contributed by atoms with E-state index in [1.807, 2.05) is 0 Å². The Kier molecular flexibility index (Phi) is 4.54. The molecule has 0 aromatic heterocycles. The van der Waals surface area contributed by atoms with Gasteiger partial charge in [-0.15, -0.1) is 0 Å². The number of hydrogen-bond acceptors (Lipinski definition) is 8. The van der Waals surface area contributed by atoms with E-state index in [-0.39, 0.29) is 24.0 Å². The minimum absolute atomic E-state index is 0.0401. The van der Waals surface area contributed by atoms with Crippen LogP contribution in [-0.4, -0.2) is 50.3 Å². The second-order valence-corrected chi connectivity index (χ2v) is 6.40. The molecule has 2 N–H and O–H groups in total. The van der Waals surface area contributed by atoms with E-state index in [1.165, 1.54) is 7.11 Å². The molecule has 0 radical (unpaired) electrons. The molecule has 0 aliphatic carbocycles. The number of anilines is 1. The van der Waals surface area contributed by atoms with Crippen LogP contribution in [0.5, 0.6) is 5.75 Å². The molecule has 27 heavy (non-hydrogen) atoms. The molecule has 0 bridgehead atoms. The number of esters is 1. The van der Waals surface area contributed by atoms with E-state index >= 15 is 0 Å². The van der Waals surface area contributed by atoms with Crippen molar-refractivity contribution in [2.45, 2.75) is 25.0 Å². The Morgan fingerprint density at radius 2 is 2.22 bits per heavy atom. The van der Waals surface area contributed by atoms with E-state index in [9.17, 15) is 14.4 Å². The van der Waals surface area contributed by atoms with Crippen molar-refractivity contribution in [2.24, 2.45) is 0 Å². The average molecular weight is 373 g/mol. The lowest BCUT2D eigenvalue weighted by Gasteiger charge is -2.17. The third-order valence-electron chi connectivity index (χ3n) is 4.74. The fourth-order valence-corrected chi connectivity index (χ4v) is 3.37. The van der Waals surface area contributed by atoms with Gasteiger partial charge < -0.3 is 19.6 Å². The van der Waals surface area contributed by atoms with Crippen molar-refractivity contribution >= 4 is 23.5 Å².